The predicted octanol–water partition coefficient (Wildman–Crippen LogP) is 2.78. The SMILES string of the molecule is CCNc1ccc(C(=O)N(C)CC2CCCC2)nc1. The summed E-state index contributed by atoms with van der Waals surface area (Å²) < 4.78 is 0. The summed E-state index contributed by atoms with van der Waals surface area (Å²) in [4.78, 5) is 18.3. The standard InChI is InChI=1S/C15H23N3O/c1-3-16-13-8-9-14(17-10-13)15(19)18(2)11-12-6-4-5-7-12/h8-10,12,16H,3-7,11H2,1-2H3. The Morgan fingerprint density at radius 3 is 2.74 bits per heavy atom. The maximum absolute atomic E-state index is 12.2. The summed E-state index contributed by atoms with van der Waals surface area (Å²) in [6.45, 7) is 3.75. The minimum absolute atomic E-state index is 0.0231. The first-order valence-corrected chi connectivity index (χ1v) is 7.16. The number of pyridine rings is 1. The summed E-state index contributed by atoms with van der Waals surface area (Å²) in [5.41, 5.74) is 1.49. The quantitative estimate of drug-likeness (QED) is 0.886. The highest BCUT2D eigenvalue weighted by molar-refractivity contribution is 5.92. The number of hydrogen-bond acceptors (Lipinski definition) is 3. The van der Waals surface area contributed by atoms with Gasteiger partial charge >= 0.3 is 0 Å². The van der Waals surface area contributed by atoms with Crippen LogP contribution < -0.4 is 5.32 Å². The maximum atomic E-state index is 12.2. The van der Waals surface area contributed by atoms with E-state index in [1.54, 1.807) is 12.3 Å². The van der Waals surface area contributed by atoms with E-state index in [2.05, 4.69) is 10.3 Å². The summed E-state index contributed by atoms with van der Waals surface area (Å²) in [5.74, 6) is 0.699. The van der Waals surface area contributed by atoms with E-state index < -0.39 is 0 Å². The van der Waals surface area contributed by atoms with Crippen LogP contribution in [0.25, 0.3) is 0 Å². The Balaban J connectivity index is 1.93. The first-order valence-electron chi connectivity index (χ1n) is 7.16. The molecule has 1 amide bonds. The monoisotopic (exact) mass is 261 g/mol. The van der Waals surface area contributed by atoms with Crippen LogP contribution in [0.3, 0.4) is 0 Å². The molecule has 0 aliphatic heterocycles. The van der Waals surface area contributed by atoms with Crippen molar-refractivity contribution >= 4 is 11.6 Å². The molecule has 4 heteroatoms. The fourth-order valence-corrected chi connectivity index (χ4v) is 2.69. The highest BCUT2D eigenvalue weighted by Gasteiger charge is 2.20. The number of carbonyl (C=O) groups is 1. The summed E-state index contributed by atoms with van der Waals surface area (Å²) in [6, 6.07) is 3.71. The Bertz CT molecular complexity index is 410. The van der Waals surface area contributed by atoms with Gasteiger partial charge in [0, 0.05) is 20.1 Å². The number of nitrogens with one attached hydrogen (secondary N) is 1. The molecular formula is C15H23N3O. The van der Waals surface area contributed by atoms with E-state index in [0.717, 1.165) is 18.8 Å². The summed E-state index contributed by atoms with van der Waals surface area (Å²) >= 11 is 0. The number of hydrogen-bond donors (Lipinski definition) is 1. The lowest BCUT2D eigenvalue weighted by Crippen LogP contribution is -2.31. The smallest absolute Gasteiger partial charge is 0.272 e. The van der Waals surface area contributed by atoms with Gasteiger partial charge in [-0.1, -0.05) is 12.8 Å². The molecule has 2 rings (SSSR count). The molecule has 0 spiro atoms. The molecule has 4 nitrogen and oxygen atoms in total. The molecule has 0 saturated heterocycles. The van der Waals surface area contributed by atoms with Crippen molar-refractivity contribution in [2.75, 3.05) is 25.5 Å². The summed E-state index contributed by atoms with van der Waals surface area (Å²) in [7, 11) is 1.88. The molecule has 1 N–H and O–H groups in total. The lowest BCUT2D eigenvalue weighted by Gasteiger charge is -2.20. The molecule has 19 heavy (non-hydrogen) atoms. The second-order valence-electron chi connectivity index (χ2n) is 5.30. The lowest BCUT2D eigenvalue weighted by molar-refractivity contribution is 0.0767. The van der Waals surface area contributed by atoms with Crippen molar-refractivity contribution in [3.63, 3.8) is 0 Å². The van der Waals surface area contributed by atoms with Gasteiger partial charge in [0.15, 0.2) is 0 Å². The van der Waals surface area contributed by atoms with Crippen molar-refractivity contribution in [3.8, 4) is 0 Å². The van der Waals surface area contributed by atoms with Crippen molar-refractivity contribution < 1.29 is 4.79 Å². The zero-order valence-corrected chi connectivity index (χ0v) is 11.9. The molecule has 1 aliphatic rings. The molecule has 0 bridgehead atoms. The Hall–Kier alpha value is -1.58. The third kappa shape index (κ3) is 3.69. The minimum atomic E-state index is 0.0231. The molecule has 1 aromatic heterocycles. The molecule has 0 aromatic carbocycles. The van der Waals surface area contributed by atoms with Crippen LogP contribution in [0.5, 0.6) is 0 Å². The van der Waals surface area contributed by atoms with Gasteiger partial charge in [0.1, 0.15) is 5.69 Å². The highest BCUT2D eigenvalue weighted by Crippen LogP contribution is 2.25. The van der Waals surface area contributed by atoms with Crippen LogP contribution >= 0.6 is 0 Å². The van der Waals surface area contributed by atoms with E-state index in [9.17, 15) is 4.79 Å². The van der Waals surface area contributed by atoms with Crippen LogP contribution in [-0.4, -0.2) is 35.9 Å². The first kappa shape index (κ1) is 13.8. The number of nitrogens with zero attached hydrogens (tertiary/aromatic N) is 2. The first-order chi connectivity index (χ1) is 9.20. The molecule has 0 atom stereocenters. The van der Waals surface area contributed by atoms with Gasteiger partial charge in [-0.25, -0.2) is 4.98 Å². The van der Waals surface area contributed by atoms with Gasteiger partial charge in [0.2, 0.25) is 0 Å². The van der Waals surface area contributed by atoms with Crippen molar-refractivity contribution in [2.24, 2.45) is 5.92 Å². The van der Waals surface area contributed by atoms with Gasteiger partial charge in [-0.15, -0.1) is 0 Å². The van der Waals surface area contributed by atoms with Gasteiger partial charge in [-0.3, -0.25) is 4.79 Å². The van der Waals surface area contributed by atoms with E-state index in [1.807, 2.05) is 24.9 Å². The normalized spacial score (nSPS) is 15.5. The van der Waals surface area contributed by atoms with E-state index in [4.69, 9.17) is 0 Å². The third-order valence-corrected chi connectivity index (χ3v) is 3.72. The molecule has 1 aromatic rings. The minimum Gasteiger partial charge on any atom is -0.384 e. The second kappa shape index (κ2) is 6.55. The van der Waals surface area contributed by atoms with Gasteiger partial charge in [0.05, 0.1) is 11.9 Å². The molecule has 1 aliphatic carbocycles. The Morgan fingerprint density at radius 1 is 1.42 bits per heavy atom. The van der Waals surface area contributed by atoms with Gasteiger partial charge in [-0.2, -0.15) is 0 Å². The number of carbonyl (C=O) groups excluding carboxylic acids is 1. The van der Waals surface area contributed by atoms with Crippen LogP contribution in [0, 0.1) is 5.92 Å². The molecule has 0 unspecified atom stereocenters. The number of aromatic nitrogens is 1. The van der Waals surface area contributed by atoms with E-state index in [-0.39, 0.29) is 5.91 Å². The molecule has 104 valence electrons. The Kier molecular flexibility index (Phi) is 4.77. The van der Waals surface area contributed by atoms with E-state index >= 15 is 0 Å². The fourth-order valence-electron chi connectivity index (χ4n) is 2.69. The van der Waals surface area contributed by atoms with Crippen LogP contribution in [0.1, 0.15) is 43.1 Å². The van der Waals surface area contributed by atoms with Gasteiger partial charge < -0.3 is 10.2 Å². The van der Waals surface area contributed by atoms with Crippen molar-refractivity contribution in [1.82, 2.24) is 9.88 Å². The van der Waals surface area contributed by atoms with Crippen LogP contribution in [0.2, 0.25) is 0 Å². The topological polar surface area (TPSA) is 45.2 Å². The molecule has 1 heterocycles. The zero-order chi connectivity index (χ0) is 13.7. The third-order valence-electron chi connectivity index (χ3n) is 3.72. The zero-order valence-electron chi connectivity index (χ0n) is 11.9. The van der Waals surface area contributed by atoms with E-state index in [0.29, 0.717) is 11.6 Å². The number of anilines is 1. The Morgan fingerprint density at radius 2 is 2.16 bits per heavy atom. The number of rotatable bonds is 5. The molecule has 0 radical (unpaired) electrons. The number of amides is 1. The van der Waals surface area contributed by atoms with Crippen molar-refractivity contribution in [2.45, 2.75) is 32.6 Å². The van der Waals surface area contributed by atoms with Crippen LogP contribution in [0.4, 0.5) is 5.69 Å². The van der Waals surface area contributed by atoms with Gasteiger partial charge in [0.25, 0.3) is 5.91 Å². The van der Waals surface area contributed by atoms with Crippen LogP contribution in [0.15, 0.2) is 18.3 Å². The predicted molar refractivity (Wildman–Crippen MR) is 77.3 cm³/mol. The Labute approximate surface area is 115 Å². The summed E-state index contributed by atoms with van der Waals surface area (Å²) in [6.07, 6.45) is 6.85. The fraction of sp³-hybridized carbons (Fsp3) is 0.600. The molecule has 1 saturated carbocycles. The maximum Gasteiger partial charge on any atom is 0.272 e. The highest BCUT2D eigenvalue weighted by atomic mass is 16.2. The molecule has 1 fully saturated rings. The largest absolute Gasteiger partial charge is 0.384 e. The van der Waals surface area contributed by atoms with Crippen LogP contribution in [-0.2, 0) is 0 Å². The van der Waals surface area contributed by atoms with Gasteiger partial charge in [-0.05, 0) is 37.8 Å². The van der Waals surface area contributed by atoms with Crippen molar-refractivity contribution in [1.29, 1.82) is 0 Å². The average Bonchev–Trinajstić information content (AvgIpc) is 2.92. The average molecular weight is 261 g/mol. The molecular weight excluding hydrogens is 238 g/mol. The summed E-state index contributed by atoms with van der Waals surface area (Å²) in [5, 5.41) is 3.17. The lowest BCUT2D eigenvalue weighted by atomic mass is 10.1. The second-order valence-corrected chi connectivity index (χ2v) is 5.30. The van der Waals surface area contributed by atoms with E-state index in [1.165, 1.54) is 25.7 Å². The van der Waals surface area contributed by atoms with Crippen molar-refractivity contribution in [3.05, 3.63) is 24.0 Å².